The zero-order valence-electron chi connectivity index (χ0n) is 11.1. The number of carboxylic acid groups (broad SMARTS) is 1. The van der Waals surface area contributed by atoms with Gasteiger partial charge in [0.25, 0.3) is 0 Å². The normalized spacial score (nSPS) is 33.9. The molecule has 2 unspecified atom stereocenters. The lowest BCUT2D eigenvalue weighted by molar-refractivity contribution is -0.142. The summed E-state index contributed by atoms with van der Waals surface area (Å²) < 4.78 is 0. The molecule has 2 aliphatic carbocycles. The maximum absolute atomic E-state index is 10.9. The maximum atomic E-state index is 10.9. The molecule has 0 aliphatic heterocycles. The standard InChI is InChI=1S/C16H21NO2/c18-16(19)12-6-8-13(9-7-12)17-15-10-14(15)11-4-2-1-3-5-11/h1-5,12-15,17H,6-10H2,(H,18,19). The summed E-state index contributed by atoms with van der Waals surface area (Å²) in [7, 11) is 0. The molecule has 0 amide bonds. The molecule has 0 heterocycles. The second-order valence-corrected chi connectivity index (χ2v) is 5.91. The van der Waals surface area contributed by atoms with Gasteiger partial charge in [-0.25, -0.2) is 0 Å². The largest absolute Gasteiger partial charge is 0.481 e. The van der Waals surface area contributed by atoms with Crippen LogP contribution in [0.5, 0.6) is 0 Å². The van der Waals surface area contributed by atoms with E-state index in [2.05, 4.69) is 35.6 Å². The number of hydrogen-bond acceptors (Lipinski definition) is 2. The van der Waals surface area contributed by atoms with Gasteiger partial charge in [0.05, 0.1) is 5.92 Å². The summed E-state index contributed by atoms with van der Waals surface area (Å²) in [6.45, 7) is 0. The van der Waals surface area contributed by atoms with Crippen molar-refractivity contribution in [1.82, 2.24) is 5.32 Å². The molecular formula is C16H21NO2. The molecule has 0 spiro atoms. The predicted molar refractivity (Wildman–Crippen MR) is 74.1 cm³/mol. The third kappa shape index (κ3) is 2.98. The zero-order chi connectivity index (χ0) is 13.2. The monoisotopic (exact) mass is 259 g/mol. The summed E-state index contributed by atoms with van der Waals surface area (Å²) in [6.07, 6.45) is 4.90. The first kappa shape index (κ1) is 12.7. The van der Waals surface area contributed by atoms with Gasteiger partial charge >= 0.3 is 5.97 Å². The van der Waals surface area contributed by atoms with Crippen molar-refractivity contribution in [3.63, 3.8) is 0 Å². The van der Waals surface area contributed by atoms with Gasteiger partial charge in [-0.1, -0.05) is 30.3 Å². The molecule has 0 saturated heterocycles. The van der Waals surface area contributed by atoms with Crippen LogP contribution >= 0.6 is 0 Å². The highest BCUT2D eigenvalue weighted by molar-refractivity contribution is 5.70. The van der Waals surface area contributed by atoms with Gasteiger partial charge in [-0.3, -0.25) is 4.79 Å². The molecule has 3 heteroatoms. The summed E-state index contributed by atoms with van der Waals surface area (Å²) in [5.74, 6) is -0.0624. The molecule has 2 N–H and O–H groups in total. The van der Waals surface area contributed by atoms with Crippen LogP contribution in [0.15, 0.2) is 30.3 Å². The van der Waals surface area contributed by atoms with E-state index in [1.165, 1.54) is 12.0 Å². The lowest BCUT2D eigenvalue weighted by Gasteiger charge is -2.27. The highest BCUT2D eigenvalue weighted by Gasteiger charge is 2.40. The van der Waals surface area contributed by atoms with E-state index in [1.807, 2.05) is 0 Å². The number of nitrogens with one attached hydrogen (secondary N) is 1. The fourth-order valence-electron chi connectivity index (χ4n) is 3.26. The highest BCUT2D eigenvalue weighted by atomic mass is 16.4. The smallest absolute Gasteiger partial charge is 0.306 e. The fourth-order valence-corrected chi connectivity index (χ4v) is 3.26. The minimum atomic E-state index is -0.618. The number of benzene rings is 1. The topological polar surface area (TPSA) is 49.3 Å². The Hall–Kier alpha value is -1.35. The average molecular weight is 259 g/mol. The van der Waals surface area contributed by atoms with Crippen LogP contribution in [0.4, 0.5) is 0 Å². The Labute approximate surface area is 114 Å². The van der Waals surface area contributed by atoms with E-state index in [-0.39, 0.29) is 5.92 Å². The van der Waals surface area contributed by atoms with E-state index in [0.29, 0.717) is 18.0 Å². The van der Waals surface area contributed by atoms with Gasteiger partial charge < -0.3 is 10.4 Å². The molecule has 2 fully saturated rings. The van der Waals surface area contributed by atoms with Crippen LogP contribution in [0.2, 0.25) is 0 Å². The Morgan fingerprint density at radius 3 is 2.42 bits per heavy atom. The molecule has 0 aromatic heterocycles. The molecule has 3 rings (SSSR count). The first-order valence-corrected chi connectivity index (χ1v) is 7.28. The summed E-state index contributed by atoms with van der Waals surface area (Å²) in [6, 6.07) is 11.8. The van der Waals surface area contributed by atoms with Crippen LogP contribution in [0.3, 0.4) is 0 Å². The second kappa shape index (κ2) is 5.33. The number of rotatable bonds is 4. The van der Waals surface area contributed by atoms with E-state index < -0.39 is 5.97 Å². The molecule has 2 aliphatic rings. The molecule has 2 saturated carbocycles. The van der Waals surface area contributed by atoms with Crippen molar-refractivity contribution in [2.75, 3.05) is 0 Å². The predicted octanol–water partition coefficient (Wildman–Crippen LogP) is 2.78. The van der Waals surface area contributed by atoms with Gasteiger partial charge in [0.1, 0.15) is 0 Å². The SMILES string of the molecule is O=C(O)C1CCC(NC2CC2c2ccccc2)CC1. The van der Waals surface area contributed by atoms with Crippen LogP contribution in [0.25, 0.3) is 0 Å². The number of carbonyl (C=O) groups is 1. The summed E-state index contributed by atoms with van der Waals surface area (Å²) in [4.78, 5) is 10.9. The van der Waals surface area contributed by atoms with Crippen molar-refractivity contribution in [2.24, 2.45) is 5.92 Å². The van der Waals surface area contributed by atoms with Crippen molar-refractivity contribution in [3.8, 4) is 0 Å². The van der Waals surface area contributed by atoms with Crippen molar-refractivity contribution >= 4 is 5.97 Å². The van der Waals surface area contributed by atoms with Crippen LogP contribution < -0.4 is 5.32 Å². The Balaban J connectivity index is 1.46. The molecular weight excluding hydrogens is 238 g/mol. The molecule has 19 heavy (non-hydrogen) atoms. The first-order chi connectivity index (χ1) is 9.24. The average Bonchev–Trinajstić information content (AvgIpc) is 3.20. The Morgan fingerprint density at radius 1 is 1.11 bits per heavy atom. The summed E-state index contributed by atoms with van der Waals surface area (Å²) in [5, 5.41) is 12.7. The third-order valence-electron chi connectivity index (χ3n) is 4.54. The van der Waals surface area contributed by atoms with Gasteiger partial charge in [0.2, 0.25) is 0 Å². The van der Waals surface area contributed by atoms with Gasteiger partial charge in [-0.15, -0.1) is 0 Å². The van der Waals surface area contributed by atoms with Gasteiger partial charge in [0, 0.05) is 18.0 Å². The lowest BCUT2D eigenvalue weighted by atomic mass is 9.86. The Bertz CT molecular complexity index is 437. The molecule has 0 radical (unpaired) electrons. The number of hydrogen-bond donors (Lipinski definition) is 2. The summed E-state index contributed by atoms with van der Waals surface area (Å²) in [5.41, 5.74) is 1.43. The highest BCUT2D eigenvalue weighted by Crippen LogP contribution is 2.41. The van der Waals surface area contributed by atoms with Crippen molar-refractivity contribution < 1.29 is 9.90 Å². The van der Waals surface area contributed by atoms with Gasteiger partial charge in [-0.05, 0) is 37.7 Å². The number of carboxylic acids is 1. The van der Waals surface area contributed by atoms with Crippen molar-refractivity contribution in [1.29, 1.82) is 0 Å². The van der Waals surface area contributed by atoms with Crippen LogP contribution in [0, 0.1) is 5.92 Å². The molecule has 3 nitrogen and oxygen atoms in total. The third-order valence-corrected chi connectivity index (χ3v) is 4.54. The molecule has 102 valence electrons. The van der Waals surface area contributed by atoms with E-state index in [0.717, 1.165) is 25.7 Å². The van der Waals surface area contributed by atoms with E-state index in [4.69, 9.17) is 5.11 Å². The lowest BCUT2D eigenvalue weighted by Crippen LogP contribution is -2.36. The molecule has 0 bridgehead atoms. The quantitative estimate of drug-likeness (QED) is 0.874. The second-order valence-electron chi connectivity index (χ2n) is 5.91. The van der Waals surface area contributed by atoms with E-state index in [9.17, 15) is 4.79 Å². The van der Waals surface area contributed by atoms with Gasteiger partial charge in [-0.2, -0.15) is 0 Å². The molecule has 1 aromatic rings. The zero-order valence-corrected chi connectivity index (χ0v) is 11.1. The maximum Gasteiger partial charge on any atom is 0.306 e. The Morgan fingerprint density at radius 2 is 1.79 bits per heavy atom. The van der Waals surface area contributed by atoms with Crippen molar-refractivity contribution in [3.05, 3.63) is 35.9 Å². The minimum absolute atomic E-state index is 0.109. The minimum Gasteiger partial charge on any atom is -0.481 e. The molecule has 2 atom stereocenters. The van der Waals surface area contributed by atoms with Crippen LogP contribution in [-0.4, -0.2) is 23.2 Å². The molecule has 1 aromatic carbocycles. The van der Waals surface area contributed by atoms with E-state index >= 15 is 0 Å². The van der Waals surface area contributed by atoms with Gasteiger partial charge in [0.15, 0.2) is 0 Å². The summed E-state index contributed by atoms with van der Waals surface area (Å²) >= 11 is 0. The van der Waals surface area contributed by atoms with E-state index in [1.54, 1.807) is 0 Å². The van der Waals surface area contributed by atoms with Crippen LogP contribution in [0.1, 0.15) is 43.6 Å². The Kier molecular flexibility index (Phi) is 3.56. The fraction of sp³-hybridized carbons (Fsp3) is 0.562. The first-order valence-electron chi connectivity index (χ1n) is 7.28. The van der Waals surface area contributed by atoms with Crippen molar-refractivity contribution in [2.45, 2.75) is 50.1 Å². The number of aliphatic carboxylic acids is 1. The van der Waals surface area contributed by atoms with Crippen LogP contribution in [-0.2, 0) is 4.79 Å².